The van der Waals surface area contributed by atoms with Gasteiger partial charge in [-0.3, -0.25) is 4.79 Å². The number of fused-ring (bicyclic) bond motifs is 1. The van der Waals surface area contributed by atoms with Gasteiger partial charge in [-0.15, -0.1) is 0 Å². The molecule has 0 aromatic heterocycles. The zero-order chi connectivity index (χ0) is 10.3. The van der Waals surface area contributed by atoms with Crippen LogP contribution in [0.25, 0.3) is 0 Å². The van der Waals surface area contributed by atoms with Crippen LogP contribution in [0.3, 0.4) is 0 Å². The zero-order valence-electron chi connectivity index (χ0n) is 9.38. The molecule has 0 amide bonds. The molecule has 0 N–H and O–H groups in total. The van der Waals surface area contributed by atoms with E-state index in [1.807, 2.05) is 13.8 Å². The molecule has 0 bridgehead atoms. The van der Waals surface area contributed by atoms with Gasteiger partial charge in [0.2, 0.25) is 0 Å². The Morgan fingerprint density at radius 2 is 1.93 bits per heavy atom. The van der Waals surface area contributed by atoms with Crippen LogP contribution in [0.15, 0.2) is 0 Å². The lowest BCUT2D eigenvalue weighted by Gasteiger charge is -2.46. The summed E-state index contributed by atoms with van der Waals surface area (Å²) in [6, 6.07) is 0. The van der Waals surface area contributed by atoms with E-state index in [1.54, 1.807) is 0 Å². The summed E-state index contributed by atoms with van der Waals surface area (Å²) in [6.45, 7) is 6.25. The van der Waals surface area contributed by atoms with Crippen molar-refractivity contribution in [2.75, 3.05) is 0 Å². The molecule has 0 spiro atoms. The Labute approximate surface area is 86.0 Å². The summed E-state index contributed by atoms with van der Waals surface area (Å²) in [5, 5.41) is 0. The standard InChI is InChI=1S/C12H20O2/c1-8-9-6-4-5-7-10(9)14-11(13)12(8,2)3/h8-10H,4-7H2,1-3H3. The van der Waals surface area contributed by atoms with E-state index >= 15 is 0 Å². The minimum atomic E-state index is -0.279. The minimum absolute atomic E-state index is 0.00755. The van der Waals surface area contributed by atoms with Crippen molar-refractivity contribution in [2.24, 2.45) is 17.3 Å². The molecule has 3 unspecified atom stereocenters. The van der Waals surface area contributed by atoms with Gasteiger partial charge >= 0.3 is 5.97 Å². The smallest absolute Gasteiger partial charge is 0.312 e. The molecule has 1 saturated heterocycles. The van der Waals surface area contributed by atoms with Crippen LogP contribution in [0.1, 0.15) is 46.5 Å². The van der Waals surface area contributed by atoms with Gasteiger partial charge in [0.05, 0.1) is 5.41 Å². The van der Waals surface area contributed by atoms with Crippen molar-refractivity contribution < 1.29 is 9.53 Å². The number of esters is 1. The first kappa shape index (κ1) is 10.0. The summed E-state index contributed by atoms with van der Waals surface area (Å²) in [5.74, 6) is 1.08. The van der Waals surface area contributed by atoms with E-state index in [-0.39, 0.29) is 17.5 Å². The SMILES string of the molecule is CC1C2CCCCC2OC(=O)C1(C)C. The Balaban J connectivity index is 2.21. The highest BCUT2D eigenvalue weighted by atomic mass is 16.5. The number of hydrogen-bond acceptors (Lipinski definition) is 2. The second-order valence-electron chi connectivity index (χ2n) is 5.40. The predicted octanol–water partition coefficient (Wildman–Crippen LogP) is 2.76. The molecule has 0 aromatic rings. The van der Waals surface area contributed by atoms with Crippen LogP contribution in [0.2, 0.25) is 0 Å². The average molecular weight is 196 g/mol. The molecular formula is C12H20O2. The molecule has 80 valence electrons. The van der Waals surface area contributed by atoms with Crippen molar-refractivity contribution in [1.29, 1.82) is 0 Å². The van der Waals surface area contributed by atoms with Crippen molar-refractivity contribution in [2.45, 2.75) is 52.6 Å². The van der Waals surface area contributed by atoms with Crippen molar-refractivity contribution in [3.8, 4) is 0 Å². The first-order valence-corrected chi connectivity index (χ1v) is 5.74. The van der Waals surface area contributed by atoms with E-state index in [9.17, 15) is 4.79 Å². The first-order valence-electron chi connectivity index (χ1n) is 5.74. The van der Waals surface area contributed by atoms with E-state index in [0.717, 1.165) is 6.42 Å². The van der Waals surface area contributed by atoms with Crippen molar-refractivity contribution in [1.82, 2.24) is 0 Å². The van der Waals surface area contributed by atoms with E-state index in [0.29, 0.717) is 11.8 Å². The van der Waals surface area contributed by atoms with Gasteiger partial charge in [-0.25, -0.2) is 0 Å². The van der Waals surface area contributed by atoms with Crippen LogP contribution in [0, 0.1) is 17.3 Å². The molecule has 2 fully saturated rings. The van der Waals surface area contributed by atoms with Gasteiger partial charge in [0.25, 0.3) is 0 Å². The molecule has 1 saturated carbocycles. The van der Waals surface area contributed by atoms with E-state index in [2.05, 4.69) is 6.92 Å². The predicted molar refractivity (Wildman–Crippen MR) is 54.8 cm³/mol. The average Bonchev–Trinajstić information content (AvgIpc) is 2.15. The number of ether oxygens (including phenoxy) is 1. The Bertz CT molecular complexity index is 245. The topological polar surface area (TPSA) is 26.3 Å². The molecule has 2 nitrogen and oxygen atoms in total. The highest BCUT2D eigenvalue weighted by Gasteiger charge is 2.49. The molecule has 1 heterocycles. The fraction of sp³-hybridized carbons (Fsp3) is 0.917. The third kappa shape index (κ3) is 1.35. The fourth-order valence-corrected chi connectivity index (χ4v) is 2.85. The van der Waals surface area contributed by atoms with Crippen LogP contribution < -0.4 is 0 Å². The quantitative estimate of drug-likeness (QED) is 0.557. The largest absolute Gasteiger partial charge is 0.462 e. The highest BCUT2D eigenvalue weighted by molar-refractivity contribution is 5.77. The second kappa shape index (κ2) is 3.25. The van der Waals surface area contributed by atoms with Gasteiger partial charge in [-0.1, -0.05) is 13.3 Å². The van der Waals surface area contributed by atoms with Gasteiger partial charge < -0.3 is 4.74 Å². The summed E-state index contributed by atoms with van der Waals surface area (Å²) in [7, 11) is 0. The Morgan fingerprint density at radius 1 is 1.29 bits per heavy atom. The number of carbonyl (C=O) groups is 1. The lowest BCUT2D eigenvalue weighted by Crippen LogP contribution is -2.50. The van der Waals surface area contributed by atoms with Crippen LogP contribution in [-0.4, -0.2) is 12.1 Å². The monoisotopic (exact) mass is 196 g/mol. The molecule has 1 aliphatic carbocycles. The number of rotatable bonds is 0. The van der Waals surface area contributed by atoms with Crippen molar-refractivity contribution in [3.63, 3.8) is 0 Å². The van der Waals surface area contributed by atoms with Crippen LogP contribution in [0.4, 0.5) is 0 Å². The van der Waals surface area contributed by atoms with Crippen LogP contribution in [0.5, 0.6) is 0 Å². The molecule has 2 rings (SSSR count). The third-order valence-corrected chi connectivity index (χ3v) is 4.32. The number of carbonyl (C=O) groups excluding carboxylic acids is 1. The third-order valence-electron chi connectivity index (χ3n) is 4.32. The maximum Gasteiger partial charge on any atom is 0.312 e. The molecular weight excluding hydrogens is 176 g/mol. The van der Waals surface area contributed by atoms with Gasteiger partial charge in [0.1, 0.15) is 6.10 Å². The normalized spacial score (nSPS) is 41.4. The molecule has 0 aromatic carbocycles. The Kier molecular flexibility index (Phi) is 2.32. The highest BCUT2D eigenvalue weighted by Crippen LogP contribution is 2.46. The molecule has 2 heteroatoms. The van der Waals surface area contributed by atoms with Crippen molar-refractivity contribution in [3.05, 3.63) is 0 Å². The van der Waals surface area contributed by atoms with Gasteiger partial charge in [0.15, 0.2) is 0 Å². The molecule has 3 atom stereocenters. The molecule has 2 aliphatic rings. The molecule has 0 radical (unpaired) electrons. The maximum atomic E-state index is 11.8. The van der Waals surface area contributed by atoms with Crippen molar-refractivity contribution >= 4 is 5.97 Å². The van der Waals surface area contributed by atoms with Crippen LogP contribution in [-0.2, 0) is 9.53 Å². The Hall–Kier alpha value is -0.530. The fourth-order valence-electron chi connectivity index (χ4n) is 2.85. The van der Waals surface area contributed by atoms with Gasteiger partial charge in [0, 0.05) is 0 Å². The second-order valence-corrected chi connectivity index (χ2v) is 5.40. The Morgan fingerprint density at radius 3 is 2.64 bits per heavy atom. The lowest BCUT2D eigenvalue weighted by molar-refractivity contribution is -0.185. The maximum absolute atomic E-state index is 11.8. The molecule has 1 aliphatic heterocycles. The summed E-state index contributed by atoms with van der Waals surface area (Å²) >= 11 is 0. The summed E-state index contributed by atoms with van der Waals surface area (Å²) in [4.78, 5) is 11.8. The zero-order valence-corrected chi connectivity index (χ0v) is 9.38. The van der Waals surface area contributed by atoms with Gasteiger partial charge in [-0.2, -0.15) is 0 Å². The molecule has 14 heavy (non-hydrogen) atoms. The van der Waals surface area contributed by atoms with E-state index in [1.165, 1.54) is 19.3 Å². The number of hydrogen-bond donors (Lipinski definition) is 0. The summed E-state index contributed by atoms with van der Waals surface area (Å²) in [6.07, 6.45) is 5.07. The van der Waals surface area contributed by atoms with E-state index < -0.39 is 0 Å². The lowest BCUT2D eigenvalue weighted by atomic mass is 9.65. The van der Waals surface area contributed by atoms with Crippen LogP contribution >= 0.6 is 0 Å². The van der Waals surface area contributed by atoms with E-state index in [4.69, 9.17) is 4.74 Å². The summed E-state index contributed by atoms with van der Waals surface area (Å²) in [5.41, 5.74) is -0.279. The minimum Gasteiger partial charge on any atom is -0.462 e. The summed E-state index contributed by atoms with van der Waals surface area (Å²) < 4.78 is 5.54. The van der Waals surface area contributed by atoms with Gasteiger partial charge in [-0.05, 0) is 44.9 Å². The first-order chi connectivity index (χ1) is 6.53.